The fourth-order valence-electron chi connectivity index (χ4n) is 11.8. The van der Waals surface area contributed by atoms with Crippen LogP contribution in [0.25, 0.3) is 103 Å². The van der Waals surface area contributed by atoms with Crippen LogP contribution in [0.15, 0.2) is 255 Å². The fraction of sp³-hybridized carbons (Fsp3) is 0.0435. The first-order chi connectivity index (χ1) is 35.5. The van der Waals surface area contributed by atoms with Crippen molar-refractivity contribution in [1.29, 1.82) is 0 Å². The Morgan fingerprint density at radius 2 is 0.931 bits per heavy atom. The molecule has 72 heavy (non-hydrogen) atoms. The number of anilines is 3. The van der Waals surface area contributed by atoms with Gasteiger partial charge in [-0.25, -0.2) is 0 Å². The SMILES string of the molecule is CC1(C)c2ccc(-c3ccccc3N(c3cccc(-c4ccccc4)c3)c3ccccc3-c3ccc4c(c3)sc3ccccc34)cc2-c2ccc(-c3cccc4c3c3ccccc3n4-c3ccccc3)cc21. The van der Waals surface area contributed by atoms with Crippen LogP contribution in [0.2, 0.25) is 0 Å². The van der Waals surface area contributed by atoms with Crippen molar-refractivity contribution >= 4 is 70.4 Å². The van der Waals surface area contributed by atoms with Crippen LogP contribution in [-0.4, -0.2) is 4.57 Å². The third-order valence-corrected chi connectivity index (χ3v) is 16.3. The number of hydrogen-bond donors (Lipinski definition) is 0. The molecular weight excluding hydrogens is 889 g/mol. The molecule has 0 spiro atoms. The van der Waals surface area contributed by atoms with Crippen molar-refractivity contribution in [2.24, 2.45) is 0 Å². The second-order valence-corrected chi connectivity index (χ2v) is 20.7. The molecule has 14 rings (SSSR count). The summed E-state index contributed by atoms with van der Waals surface area (Å²) in [6.45, 7) is 4.79. The lowest BCUT2D eigenvalue weighted by molar-refractivity contribution is 0.660. The molecule has 11 aromatic carbocycles. The Kier molecular flexibility index (Phi) is 9.77. The van der Waals surface area contributed by atoms with Gasteiger partial charge >= 0.3 is 0 Å². The van der Waals surface area contributed by atoms with E-state index in [0.717, 1.165) is 17.1 Å². The normalized spacial score (nSPS) is 12.7. The van der Waals surface area contributed by atoms with E-state index in [0.29, 0.717) is 0 Å². The number of nitrogens with zero attached hydrogens (tertiary/aromatic N) is 2. The van der Waals surface area contributed by atoms with Crippen LogP contribution < -0.4 is 4.90 Å². The zero-order valence-corrected chi connectivity index (χ0v) is 40.9. The topological polar surface area (TPSA) is 8.17 Å². The van der Waals surface area contributed by atoms with Crippen LogP contribution in [0.4, 0.5) is 17.1 Å². The molecule has 0 saturated heterocycles. The molecule has 0 saturated carbocycles. The predicted molar refractivity (Wildman–Crippen MR) is 308 cm³/mol. The summed E-state index contributed by atoms with van der Waals surface area (Å²) in [6, 6.07) is 94.2. The Labute approximate surface area is 424 Å². The van der Waals surface area contributed by atoms with Crippen molar-refractivity contribution in [2.45, 2.75) is 19.3 Å². The number of benzene rings is 11. The number of aromatic nitrogens is 1. The number of hydrogen-bond acceptors (Lipinski definition) is 2. The highest BCUT2D eigenvalue weighted by atomic mass is 32.1. The van der Waals surface area contributed by atoms with Gasteiger partial charge < -0.3 is 9.47 Å². The summed E-state index contributed by atoms with van der Waals surface area (Å²) in [5.74, 6) is 0. The molecule has 3 heteroatoms. The predicted octanol–water partition coefficient (Wildman–Crippen LogP) is 19.6. The smallest absolute Gasteiger partial charge is 0.0547 e. The second-order valence-electron chi connectivity index (χ2n) is 19.6. The average molecular weight is 937 g/mol. The standard InChI is InChI=1S/C69H48N2S/c1-69(2)60-40-37-47(42-59(60)55-38-35-48(43-61(55)69)54-29-18-33-65-68(54)58-28-11-15-32-64(58)70(65)50-22-7-4-8-23-50)52-25-9-13-30-62(52)71(51-24-17-21-46(41-51)45-19-5-3-6-20-45)63-31-14-10-26-53(63)49-36-39-57-56-27-12-16-34-66(56)72-67(57)44-49/h3-44H,1-2H3. The molecule has 1 aliphatic rings. The summed E-state index contributed by atoms with van der Waals surface area (Å²) in [5, 5.41) is 5.16. The van der Waals surface area contributed by atoms with Gasteiger partial charge in [0.05, 0.1) is 22.4 Å². The second kappa shape index (κ2) is 16.7. The maximum absolute atomic E-state index is 2.49. The van der Waals surface area contributed by atoms with Gasteiger partial charge in [-0.05, 0) is 128 Å². The van der Waals surface area contributed by atoms with E-state index in [-0.39, 0.29) is 5.41 Å². The zero-order valence-electron chi connectivity index (χ0n) is 40.1. The average Bonchev–Trinajstić information content (AvgIpc) is 4.06. The van der Waals surface area contributed by atoms with Gasteiger partial charge in [0.25, 0.3) is 0 Å². The molecule has 2 aromatic heterocycles. The van der Waals surface area contributed by atoms with Gasteiger partial charge in [-0.1, -0.05) is 196 Å². The number of para-hydroxylation sites is 4. The van der Waals surface area contributed by atoms with Gasteiger partial charge in [-0.15, -0.1) is 11.3 Å². The Morgan fingerprint density at radius 3 is 1.74 bits per heavy atom. The van der Waals surface area contributed by atoms with E-state index in [4.69, 9.17) is 0 Å². The molecule has 2 heterocycles. The summed E-state index contributed by atoms with van der Waals surface area (Å²) in [4.78, 5) is 2.49. The summed E-state index contributed by atoms with van der Waals surface area (Å²) >= 11 is 1.87. The molecule has 0 aliphatic heterocycles. The molecule has 0 atom stereocenters. The molecular formula is C69H48N2S. The van der Waals surface area contributed by atoms with Gasteiger partial charge in [-0.3, -0.25) is 0 Å². The highest BCUT2D eigenvalue weighted by molar-refractivity contribution is 7.25. The Bertz CT molecular complexity index is 4250. The number of rotatable bonds is 8. The minimum absolute atomic E-state index is 0.205. The molecule has 13 aromatic rings. The van der Waals surface area contributed by atoms with Gasteiger partial charge in [0.15, 0.2) is 0 Å². The zero-order chi connectivity index (χ0) is 47.9. The third kappa shape index (κ3) is 6.69. The van der Waals surface area contributed by atoms with Crippen LogP contribution in [0.3, 0.4) is 0 Å². The molecule has 0 unspecified atom stereocenters. The largest absolute Gasteiger partial charge is 0.309 e. The van der Waals surface area contributed by atoms with Crippen LogP contribution in [-0.2, 0) is 5.41 Å². The van der Waals surface area contributed by atoms with E-state index in [1.54, 1.807) is 0 Å². The van der Waals surface area contributed by atoms with E-state index in [1.807, 2.05) is 11.3 Å². The first-order valence-electron chi connectivity index (χ1n) is 24.9. The van der Waals surface area contributed by atoms with E-state index < -0.39 is 0 Å². The van der Waals surface area contributed by atoms with Gasteiger partial charge in [0.2, 0.25) is 0 Å². The molecule has 0 amide bonds. The highest BCUT2D eigenvalue weighted by Gasteiger charge is 2.36. The lowest BCUT2D eigenvalue weighted by atomic mass is 9.81. The van der Waals surface area contributed by atoms with E-state index in [9.17, 15) is 0 Å². The molecule has 0 N–H and O–H groups in total. The summed E-state index contributed by atoms with van der Waals surface area (Å²) < 4.78 is 5.02. The van der Waals surface area contributed by atoms with Crippen molar-refractivity contribution in [3.63, 3.8) is 0 Å². The molecule has 2 nitrogen and oxygen atoms in total. The van der Waals surface area contributed by atoms with E-state index in [2.05, 4.69) is 278 Å². The van der Waals surface area contributed by atoms with Crippen LogP contribution in [0.1, 0.15) is 25.0 Å². The minimum Gasteiger partial charge on any atom is -0.309 e. The van der Waals surface area contributed by atoms with E-state index in [1.165, 1.54) is 114 Å². The van der Waals surface area contributed by atoms with Gasteiger partial charge in [-0.2, -0.15) is 0 Å². The Hall–Kier alpha value is -8.76. The van der Waals surface area contributed by atoms with Crippen molar-refractivity contribution in [1.82, 2.24) is 4.57 Å². The van der Waals surface area contributed by atoms with Crippen molar-refractivity contribution in [3.05, 3.63) is 266 Å². The Morgan fingerprint density at radius 1 is 0.347 bits per heavy atom. The van der Waals surface area contributed by atoms with Crippen LogP contribution in [0, 0.1) is 0 Å². The lowest BCUT2D eigenvalue weighted by Crippen LogP contribution is -2.15. The number of fused-ring (bicyclic) bond motifs is 9. The fourth-order valence-corrected chi connectivity index (χ4v) is 12.9. The Balaban J connectivity index is 0.913. The quantitative estimate of drug-likeness (QED) is 0.147. The maximum atomic E-state index is 2.49. The summed E-state index contributed by atoms with van der Waals surface area (Å²) in [6.07, 6.45) is 0. The van der Waals surface area contributed by atoms with Crippen molar-refractivity contribution in [2.75, 3.05) is 4.90 Å². The first-order valence-corrected chi connectivity index (χ1v) is 25.7. The third-order valence-electron chi connectivity index (χ3n) is 15.2. The molecule has 1 aliphatic carbocycles. The lowest BCUT2D eigenvalue weighted by Gasteiger charge is -2.30. The highest BCUT2D eigenvalue weighted by Crippen LogP contribution is 2.53. The van der Waals surface area contributed by atoms with Gasteiger partial charge in [0, 0.05) is 58.9 Å². The molecule has 0 radical (unpaired) electrons. The van der Waals surface area contributed by atoms with Crippen LogP contribution >= 0.6 is 11.3 Å². The molecule has 0 bridgehead atoms. The van der Waals surface area contributed by atoms with Crippen molar-refractivity contribution < 1.29 is 0 Å². The maximum Gasteiger partial charge on any atom is 0.0547 e. The molecule has 340 valence electrons. The molecule has 0 fully saturated rings. The minimum atomic E-state index is -0.205. The van der Waals surface area contributed by atoms with E-state index >= 15 is 0 Å². The monoisotopic (exact) mass is 936 g/mol. The van der Waals surface area contributed by atoms with Crippen LogP contribution in [0.5, 0.6) is 0 Å². The summed E-state index contributed by atoms with van der Waals surface area (Å²) in [5.41, 5.74) is 21.6. The summed E-state index contributed by atoms with van der Waals surface area (Å²) in [7, 11) is 0. The van der Waals surface area contributed by atoms with Gasteiger partial charge in [0.1, 0.15) is 0 Å². The number of thiophene rings is 1. The first kappa shape index (κ1) is 42.1. The van der Waals surface area contributed by atoms with Crippen molar-refractivity contribution in [3.8, 4) is 61.3 Å².